The van der Waals surface area contributed by atoms with Crippen molar-refractivity contribution in [1.29, 1.82) is 0 Å². The van der Waals surface area contributed by atoms with Crippen molar-refractivity contribution in [2.24, 2.45) is 0 Å². The Hall–Kier alpha value is -2.05. The molecule has 2 aromatic rings. The molecule has 7 heteroatoms. The van der Waals surface area contributed by atoms with Crippen LogP contribution < -0.4 is 5.32 Å². The van der Waals surface area contributed by atoms with Gasteiger partial charge in [-0.1, -0.05) is 29.8 Å². The summed E-state index contributed by atoms with van der Waals surface area (Å²) in [6.45, 7) is 1.41. The van der Waals surface area contributed by atoms with E-state index in [2.05, 4.69) is 5.32 Å². The van der Waals surface area contributed by atoms with Crippen LogP contribution in [-0.4, -0.2) is 24.2 Å². The van der Waals surface area contributed by atoms with Crippen molar-refractivity contribution in [3.8, 4) is 0 Å². The number of aryl methyl sites for hydroxylation is 1. The van der Waals surface area contributed by atoms with Crippen LogP contribution in [0.25, 0.3) is 0 Å². The number of hydrogen-bond donors (Lipinski definition) is 1. The summed E-state index contributed by atoms with van der Waals surface area (Å²) < 4.78 is 18.3. The van der Waals surface area contributed by atoms with Gasteiger partial charge in [0.05, 0.1) is 5.75 Å². The number of anilines is 1. The lowest BCUT2D eigenvalue weighted by atomic mass is 10.2. The number of rotatable bonds is 6. The molecule has 0 bridgehead atoms. The monoisotopic (exact) mass is 367 g/mol. The molecule has 0 heterocycles. The highest BCUT2D eigenvalue weighted by atomic mass is 35.5. The molecule has 126 valence electrons. The number of carbonyl (C=O) groups excluding carboxylic acids is 2. The Morgan fingerprint density at radius 2 is 2.00 bits per heavy atom. The molecule has 4 nitrogen and oxygen atoms in total. The zero-order valence-electron chi connectivity index (χ0n) is 12.8. The molecule has 0 atom stereocenters. The molecule has 0 saturated carbocycles. The fraction of sp³-hybridized carbons (Fsp3) is 0.176. The molecule has 24 heavy (non-hydrogen) atoms. The lowest BCUT2D eigenvalue weighted by Gasteiger charge is -2.09. The van der Waals surface area contributed by atoms with Crippen LogP contribution in [0.3, 0.4) is 0 Å². The van der Waals surface area contributed by atoms with Gasteiger partial charge in [0.15, 0.2) is 6.61 Å². The first-order valence-electron chi connectivity index (χ1n) is 7.04. The smallest absolute Gasteiger partial charge is 0.316 e. The number of nitrogens with one attached hydrogen (secondary N) is 1. The SMILES string of the molecule is Cc1ccc(Cl)cc1NC(=O)COC(=O)CSc1ccccc1F. The summed E-state index contributed by atoms with van der Waals surface area (Å²) in [5.41, 5.74) is 1.40. The predicted molar refractivity (Wildman–Crippen MR) is 92.9 cm³/mol. The maximum Gasteiger partial charge on any atom is 0.316 e. The summed E-state index contributed by atoms with van der Waals surface area (Å²) in [6, 6.07) is 11.2. The Balaban J connectivity index is 1.78. The third kappa shape index (κ3) is 5.54. The first kappa shape index (κ1) is 18.3. The Morgan fingerprint density at radius 3 is 2.75 bits per heavy atom. The molecule has 1 amide bonds. The van der Waals surface area contributed by atoms with Crippen molar-refractivity contribution in [2.45, 2.75) is 11.8 Å². The Bertz CT molecular complexity index is 754. The van der Waals surface area contributed by atoms with Gasteiger partial charge in [0.1, 0.15) is 5.82 Å². The number of carbonyl (C=O) groups is 2. The average Bonchev–Trinajstić information content (AvgIpc) is 2.55. The van der Waals surface area contributed by atoms with Crippen molar-refractivity contribution in [3.63, 3.8) is 0 Å². The number of halogens is 2. The van der Waals surface area contributed by atoms with Gasteiger partial charge in [0.2, 0.25) is 0 Å². The van der Waals surface area contributed by atoms with Gasteiger partial charge in [-0.05, 0) is 36.8 Å². The van der Waals surface area contributed by atoms with Gasteiger partial charge in [-0.15, -0.1) is 11.8 Å². The number of ether oxygens (including phenoxy) is 1. The molecule has 0 aliphatic rings. The molecule has 0 spiro atoms. The van der Waals surface area contributed by atoms with Crippen LogP contribution in [0.5, 0.6) is 0 Å². The van der Waals surface area contributed by atoms with E-state index >= 15 is 0 Å². The predicted octanol–water partition coefficient (Wildman–Crippen LogP) is 4.06. The lowest BCUT2D eigenvalue weighted by molar-refractivity contribution is -0.144. The lowest BCUT2D eigenvalue weighted by Crippen LogP contribution is -2.22. The molecule has 0 aliphatic heterocycles. The largest absolute Gasteiger partial charge is 0.455 e. The van der Waals surface area contributed by atoms with E-state index in [0.717, 1.165) is 17.3 Å². The first-order valence-corrected chi connectivity index (χ1v) is 8.41. The standard InChI is InChI=1S/C17H15ClFNO3S/c1-11-6-7-12(18)8-14(11)20-16(21)9-23-17(22)10-24-15-5-3-2-4-13(15)19/h2-8H,9-10H2,1H3,(H,20,21). The minimum absolute atomic E-state index is 0.0790. The number of hydrogen-bond acceptors (Lipinski definition) is 4. The molecule has 0 radical (unpaired) electrons. The van der Waals surface area contributed by atoms with Gasteiger partial charge < -0.3 is 10.1 Å². The molecule has 0 aliphatic carbocycles. The highest BCUT2D eigenvalue weighted by Gasteiger charge is 2.11. The second-order valence-electron chi connectivity index (χ2n) is 4.89. The maximum absolute atomic E-state index is 13.4. The van der Waals surface area contributed by atoms with E-state index < -0.39 is 24.3 Å². The van der Waals surface area contributed by atoms with Crippen LogP contribution >= 0.6 is 23.4 Å². The van der Waals surface area contributed by atoms with Crippen molar-refractivity contribution < 1.29 is 18.7 Å². The topological polar surface area (TPSA) is 55.4 Å². The molecule has 1 N–H and O–H groups in total. The molecule has 2 aromatic carbocycles. The van der Waals surface area contributed by atoms with Crippen LogP contribution in [0.1, 0.15) is 5.56 Å². The van der Waals surface area contributed by atoms with Gasteiger partial charge in [0, 0.05) is 15.6 Å². The van der Waals surface area contributed by atoms with E-state index in [1.807, 2.05) is 6.92 Å². The summed E-state index contributed by atoms with van der Waals surface area (Å²) in [5, 5.41) is 3.12. The summed E-state index contributed by atoms with van der Waals surface area (Å²) >= 11 is 6.89. The third-order valence-electron chi connectivity index (χ3n) is 3.02. The maximum atomic E-state index is 13.4. The molecule has 0 saturated heterocycles. The van der Waals surface area contributed by atoms with Gasteiger partial charge in [-0.2, -0.15) is 0 Å². The van der Waals surface area contributed by atoms with Gasteiger partial charge in [-0.3, -0.25) is 9.59 Å². The molecule has 0 unspecified atom stereocenters. The van der Waals surface area contributed by atoms with Crippen molar-refractivity contribution in [3.05, 3.63) is 58.9 Å². The fourth-order valence-corrected chi connectivity index (χ4v) is 2.71. The van der Waals surface area contributed by atoms with E-state index in [4.69, 9.17) is 16.3 Å². The Morgan fingerprint density at radius 1 is 1.25 bits per heavy atom. The van der Waals surface area contributed by atoms with Gasteiger partial charge in [-0.25, -0.2) is 4.39 Å². The highest BCUT2D eigenvalue weighted by molar-refractivity contribution is 8.00. The van der Waals surface area contributed by atoms with Crippen LogP contribution in [0, 0.1) is 12.7 Å². The van der Waals surface area contributed by atoms with E-state index in [-0.39, 0.29) is 5.75 Å². The Labute approximate surface area is 148 Å². The second-order valence-corrected chi connectivity index (χ2v) is 6.34. The van der Waals surface area contributed by atoms with E-state index in [9.17, 15) is 14.0 Å². The highest BCUT2D eigenvalue weighted by Crippen LogP contribution is 2.21. The summed E-state index contributed by atoms with van der Waals surface area (Å²) in [4.78, 5) is 23.8. The second kappa shape index (κ2) is 8.70. The van der Waals surface area contributed by atoms with Crippen LogP contribution in [0.2, 0.25) is 5.02 Å². The molecule has 0 fully saturated rings. The Kier molecular flexibility index (Phi) is 6.63. The van der Waals surface area contributed by atoms with Crippen LogP contribution in [0.15, 0.2) is 47.4 Å². The zero-order chi connectivity index (χ0) is 17.5. The van der Waals surface area contributed by atoms with Crippen molar-refractivity contribution in [2.75, 3.05) is 17.7 Å². The van der Waals surface area contributed by atoms with Crippen molar-refractivity contribution in [1.82, 2.24) is 0 Å². The first-order chi connectivity index (χ1) is 11.5. The summed E-state index contributed by atoms with van der Waals surface area (Å²) in [6.07, 6.45) is 0. The minimum Gasteiger partial charge on any atom is -0.455 e. The van der Waals surface area contributed by atoms with E-state index in [1.165, 1.54) is 6.07 Å². The molecular weight excluding hydrogens is 353 g/mol. The van der Waals surface area contributed by atoms with E-state index in [0.29, 0.717) is 15.6 Å². The third-order valence-corrected chi connectivity index (χ3v) is 4.28. The summed E-state index contributed by atoms with van der Waals surface area (Å²) in [7, 11) is 0. The van der Waals surface area contributed by atoms with Crippen molar-refractivity contribution >= 4 is 40.9 Å². The van der Waals surface area contributed by atoms with Gasteiger partial charge in [0.25, 0.3) is 5.91 Å². The normalized spacial score (nSPS) is 10.3. The van der Waals surface area contributed by atoms with E-state index in [1.54, 1.807) is 36.4 Å². The zero-order valence-corrected chi connectivity index (χ0v) is 14.4. The summed E-state index contributed by atoms with van der Waals surface area (Å²) in [5.74, 6) is -1.54. The fourth-order valence-electron chi connectivity index (χ4n) is 1.80. The van der Waals surface area contributed by atoms with Crippen LogP contribution in [-0.2, 0) is 14.3 Å². The minimum atomic E-state index is -0.596. The van der Waals surface area contributed by atoms with Crippen LogP contribution in [0.4, 0.5) is 10.1 Å². The van der Waals surface area contributed by atoms with Gasteiger partial charge >= 0.3 is 5.97 Å². The average molecular weight is 368 g/mol. The number of esters is 1. The molecular formula is C17H15ClFNO3S. The molecule has 2 rings (SSSR count). The number of thioether (sulfide) groups is 1. The number of benzene rings is 2. The number of amides is 1. The quantitative estimate of drug-likeness (QED) is 0.618. The molecule has 0 aromatic heterocycles.